The molecule has 0 spiro atoms. The second-order valence-corrected chi connectivity index (χ2v) is 8.26. The largest absolute Gasteiger partial charge is 0.447 e. The number of hydrogen-bond donors (Lipinski definition) is 1. The van der Waals surface area contributed by atoms with Crippen LogP contribution < -0.4 is 5.32 Å². The number of rotatable bonds is 10. The zero-order valence-corrected chi connectivity index (χ0v) is 18.3. The van der Waals surface area contributed by atoms with Gasteiger partial charge in [-0.25, -0.2) is 9.37 Å². The average Bonchev–Trinajstić information content (AvgIpc) is 3.50. The SMILES string of the molecule is O=C(NC[C@@H]1CCCO1)c1coc(CN(CCN2CCOCC2)Cc2ccc(F)cc2)n1. The number of aromatic nitrogens is 1. The molecular formula is C23H31FN4O4. The van der Waals surface area contributed by atoms with Crippen molar-refractivity contribution in [1.82, 2.24) is 20.1 Å². The first-order valence-corrected chi connectivity index (χ1v) is 11.3. The number of benzene rings is 1. The number of nitrogens with zero attached hydrogens (tertiary/aromatic N) is 3. The monoisotopic (exact) mass is 446 g/mol. The fraction of sp³-hybridized carbons (Fsp3) is 0.565. The lowest BCUT2D eigenvalue weighted by molar-refractivity contribution is 0.0320. The number of ether oxygens (including phenoxy) is 2. The van der Waals surface area contributed by atoms with Gasteiger partial charge in [0.1, 0.15) is 12.1 Å². The number of carbonyl (C=O) groups excluding carboxylic acids is 1. The molecule has 2 aromatic rings. The minimum atomic E-state index is -0.256. The molecule has 2 fully saturated rings. The maximum Gasteiger partial charge on any atom is 0.273 e. The Hall–Kier alpha value is -2.33. The van der Waals surface area contributed by atoms with Crippen LogP contribution in [0.4, 0.5) is 4.39 Å². The number of amides is 1. The molecule has 0 bridgehead atoms. The van der Waals surface area contributed by atoms with E-state index in [1.54, 1.807) is 12.1 Å². The van der Waals surface area contributed by atoms with E-state index in [9.17, 15) is 9.18 Å². The predicted octanol–water partition coefficient (Wildman–Crippen LogP) is 2.06. The number of halogens is 1. The van der Waals surface area contributed by atoms with Crippen LogP contribution in [0.25, 0.3) is 0 Å². The van der Waals surface area contributed by atoms with Crippen LogP contribution >= 0.6 is 0 Å². The first-order chi connectivity index (χ1) is 15.7. The van der Waals surface area contributed by atoms with Gasteiger partial charge in [0.15, 0.2) is 5.69 Å². The Bertz CT molecular complexity index is 848. The van der Waals surface area contributed by atoms with E-state index in [0.717, 1.165) is 64.4 Å². The van der Waals surface area contributed by atoms with E-state index in [-0.39, 0.29) is 23.5 Å². The van der Waals surface area contributed by atoms with Gasteiger partial charge in [-0.15, -0.1) is 0 Å². The van der Waals surface area contributed by atoms with E-state index in [1.165, 1.54) is 18.4 Å². The fourth-order valence-corrected chi connectivity index (χ4v) is 3.95. The van der Waals surface area contributed by atoms with Gasteiger partial charge in [-0.1, -0.05) is 12.1 Å². The van der Waals surface area contributed by atoms with E-state index >= 15 is 0 Å². The molecule has 2 aliphatic rings. The van der Waals surface area contributed by atoms with Crippen LogP contribution in [0.2, 0.25) is 0 Å². The van der Waals surface area contributed by atoms with Crippen molar-refractivity contribution in [3.05, 3.63) is 53.5 Å². The van der Waals surface area contributed by atoms with Gasteiger partial charge >= 0.3 is 0 Å². The predicted molar refractivity (Wildman–Crippen MR) is 116 cm³/mol. The van der Waals surface area contributed by atoms with Gasteiger partial charge in [-0.2, -0.15) is 0 Å². The smallest absolute Gasteiger partial charge is 0.273 e. The summed E-state index contributed by atoms with van der Waals surface area (Å²) in [4.78, 5) is 21.3. The molecule has 9 heteroatoms. The molecule has 2 saturated heterocycles. The van der Waals surface area contributed by atoms with Crippen LogP contribution in [0.5, 0.6) is 0 Å². The van der Waals surface area contributed by atoms with Crippen molar-refractivity contribution in [3.63, 3.8) is 0 Å². The minimum Gasteiger partial charge on any atom is -0.447 e. The molecule has 3 heterocycles. The summed E-state index contributed by atoms with van der Waals surface area (Å²) in [6.07, 6.45) is 3.48. The van der Waals surface area contributed by atoms with Crippen molar-refractivity contribution in [3.8, 4) is 0 Å². The van der Waals surface area contributed by atoms with E-state index < -0.39 is 0 Å². The lowest BCUT2D eigenvalue weighted by Gasteiger charge is -2.29. The van der Waals surface area contributed by atoms with Crippen LogP contribution in [0.1, 0.15) is 34.8 Å². The molecule has 1 aromatic heterocycles. The van der Waals surface area contributed by atoms with Crippen LogP contribution in [-0.4, -0.2) is 79.3 Å². The highest BCUT2D eigenvalue weighted by atomic mass is 19.1. The summed E-state index contributed by atoms with van der Waals surface area (Å²) in [5.74, 6) is -0.0229. The molecule has 0 radical (unpaired) electrons. The summed E-state index contributed by atoms with van der Waals surface area (Å²) in [5, 5.41) is 2.87. The Balaban J connectivity index is 1.34. The van der Waals surface area contributed by atoms with Crippen molar-refractivity contribution in [2.24, 2.45) is 0 Å². The Labute approximate surface area is 187 Å². The molecule has 0 aliphatic carbocycles. The van der Waals surface area contributed by atoms with Crippen LogP contribution in [0.3, 0.4) is 0 Å². The topological polar surface area (TPSA) is 80.1 Å². The zero-order valence-electron chi connectivity index (χ0n) is 18.3. The minimum absolute atomic E-state index is 0.0803. The third kappa shape index (κ3) is 6.83. The first kappa shape index (κ1) is 22.8. The summed E-state index contributed by atoms with van der Waals surface area (Å²) < 4.78 is 29.9. The van der Waals surface area contributed by atoms with Gasteiger partial charge in [0.25, 0.3) is 5.91 Å². The highest BCUT2D eigenvalue weighted by Crippen LogP contribution is 2.13. The van der Waals surface area contributed by atoms with E-state index in [0.29, 0.717) is 25.5 Å². The molecule has 2 aliphatic heterocycles. The molecular weight excluding hydrogens is 415 g/mol. The number of carbonyl (C=O) groups is 1. The van der Waals surface area contributed by atoms with Gasteiger partial charge in [-0.05, 0) is 30.5 Å². The third-order valence-electron chi connectivity index (χ3n) is 5.81. The van der Waals surface area contributed by atoms with Crippen molar-refractivity contribution in [1.29, 1.82) is 0 Å². The van der Waals surface area contributed by atoms with Gasteiger partial charge in [0.05, 0.1) is 25.9 Å². The maximum atomic E-state index is 13.3. The molecule has 1 N–H and O–H groups in total. The number of nitrogens with one attached hydrogen (secondary N) is 1. The number of morpholine rings is 1. The Kier molecular flexibility index (Phi) is 8.22. The first-order valence-electron chi connectivity index (χ1n) is 11.3. The normalized spacial score (nSPS) is 19.5. The summed E-state index contributed by atoms with van der Waals surface area (Å²) in [5.41, 5.74) is 1.28. The van der Waals surface area contributed by atoms with Gasteiger partial charge in [0.2, 0.25) is 5.89 Å². The van der Waals surface area contributed by atoms with Crippen molar-refractivity contribution < 1.29 is 23.1 Å². The molecule has 0 saturated carbocycles. The van der Waals surface area contributed by atoms with E-state index in [1.807, 2.05) is 0 Å². The van der Waals surface area contributed by atoms with E-state index in [2.05, 4.69) is 20.1 Å². The summed E-state index contributed by atoms with van der Waals surface area (Å²) in [6, 6.07) is 6.52. The molecule has 1 atom stereocenters. The Morgan fingerprint density at radius 2 is 2.00 bits per heavy atom. The van der Waals surface area contributed by atoms with Gasteiger partial charge in [0, 0.05) is 45.9 Å². The fourth-order valence-electron chi connectivity index (χ4n) is 3.95. The summed E-state index contributed by atoms with van der Waals surface area (Å²) >= 11 is 0. The molecule has 174 valence electrons. The van der Waals surface area contributed by atoms with Gasteiger partial charge < -0.3 is 19.2 Å². The Morgan fingerprint density at radius 1 is 1.19 bits per heavy atom. The highest BCUT2D eigenvalue weighted by Gasteiger charge is 2.20. The lowest BCUT2D eigenvalue weighted by atomic mass is 10.2. The Morgan fingerprint density at radius 3 is 2.75 bits per heavy atom. The summed E-state index contributed by atoms with van der Waals surface area (Å²) in [6.45, 7) is 7.34. The molecule has 32 heavy (non-hydrogen) atoms. The van der Waals surface area contributed by atoms with Crippen LogP contribution in [0.15, 0.2) is 34.9 Å². The average molecular weight is 447 g/mol. The van der Waals surface area contributed by atoms with E-state index in [4.69, 9.17) is 13.9 Å². The van der Waals surface area contributed by atoms with Crippen molar-refractivity contribution in [2.75, 3.05) is 52.5 Å². The third-order valence-corrected chi connectivity index (χ3v) is 5.81. The molecule has 0 unspecified atom stereocenters. The molecule has 1 amide bonds. The van der Waals surface area contributed by atoms with Crippen LogP contribution in [-0.2, 0) is 22.6 Å². The number of hydrogen-bond acceptors (Lipinski definition) is 7. The quantitative estimate of drug-likeness (QED) is 0.598. The van der Waals surface area contributed by atoms with Crippen LogP contribution in [0, 0.1) is 5.82 Å². The standard InChI is InChI=1S/C23H31FN4O4/c24-19-5-3-18(4-6-19)15-28(8-7-27-9-12-30-13-10-27)16-22-26-21(17-32-22)23(29)25-14-20-2-1-11-31-20/h3-6,17,20H,1-2,7-16H2,(H,25,29)/t20-/m0/s1. The molecule has 8 nitrogen and oxygen atoms in total. The highest BCUT2D eigenvalue weighted by molar-refractivity contribution is 5.91. The second-order valence-electron chi connectivity index (χ2n) is 8.26. The van der Waals surface area contributed by atoms with Crippen molar-refractivity contribution in [2.45, 2.75) is 32.0 Å². The molecule has 4 rings (SSSR count). The maximum absolute atomic E-state index is 13.3. The summed E-state index contributed by atoms with van der Waals surface area (Å²) in [7, 11) is 0. The molecule has 1 aromatic carbocycles. The van der Waals surface area contributed by atoms with Crippen molar-refractivity contribution >= 4 is 5.91 Å². The zero-order chi connectivity index (χ0) is 22.2. The van der Waals surface area contributed by atoms with Gasteiger partial charge in [-0.3, -0.25) is 14.6 Å². The lowest BCUT2D eigenvalue weighted by Crippen LogP contribution is -2.41. The second kappa shape index (κ2) is 11.5. The number of oxazole rings is 1.